The molecule has 1 unspecified atom stereocenters. The van der Waals surface area contributed by atoms with Gasteiger partial charge in [0.1, 0.15) is 0 Å². The number of nitrogens with zero attached hydrogens (tertiary/aromatic N) is 3. The number of likely N-dealkylation sites (N-methyl/N-ethyl adjacent to an activating group) is 1. The van der Waals surface area contributed by atoms with Gasteiger partial charge < -0.3 is 15.0 Å². The summed E-state index contributed by atoms with van der Waals surface area (Å²) >= 11 is 0. The van der Waals surface area contributed by atoms with Gasteiger partial charge in [0, 0.05) is 26.7 Å². The van der Waals surface area contributed by atoms with Gasteiger partial charge in [0.2, 0.25) is 5.91 Å². The van der Waals surface area contributed by atoms with Crippen LogP contribution < -0.4 is 5.32 Å². The molecular formula is C28H36FN5O3. The molecule has 0 saturated heterocycles. The summed E-state index contributed by atoms with van der Waals surface area (Å²) in [6.45, 7) is 2.37. The van der Waals surface area contributed by atoms with Crippen LogP contribution in [-0.2, 0) is 22.6 Å². The van der Waals surface area contributed by atoms with Crippen molar-refractivity contribution in [3.05, 3.63) is 89.5 Å². The Bertz CT molecular complexity index is 1090. The number of carbonyl (C=O) groups excluding carboxylic acids is 2. The molecule has 0 aliphatic rings. The van der Waals surface area contributed by atoms with Gasteiger partial charge in [-0.15, -0.1) is 0 Å². The van der Waals surface area contributed by atoms with Crippen LogP contribution in [0.5, 0.6) is 0 Å². The predicted octanol–water partition coefficient (Wildman–Crippen LogP) is 3.28. The molecule has 0 saturated carbocycles. The van der Waals surface area contributed by atoms with Crippen LogP contribution in [0.1, 0.15) is 34.5 Å². The molecule has 0 aliphatic heterocycles. The number of carbonyl (C=O) groups is 2. The molecular weight excluding hydrogens is 473 g/mol. The Balaban J connectivity index is 1.48. The Labute approximate surface area is 217 Å². The van der Waals surface area contributed by atoms with Crippen molar-refractivity contribution in [3.8, 4) is 0 Å². The van der Waals surface area contributed by atoms with Crippen LogP contribution in [-0.4, -0.2) is 78.2 Å². The topological polar surface area (TPSA) is 90.6 Å². The Morgan fingerprint density at radius 2 is 1.70 bits per heavy atom. The van der Waals surface area contributed by atoms with E-state index in [1.54, 1.807) is 7.05 Å². The molecule has 1 aromatic heterocycles. The van der Waals surface area contributed by atoms with Crippen LogP contribution in [0.3, 0.4) is 0 Å². The van der Waals surface area contributed by atoms with E-state index in [-0.39, 0.29) is 17.6 Å². The fourth-order valence-electron chi connectivity index (χ4n) is 4.06. The summed E-state index contributed by atoms with van der Waals surface area (Å²) in [5.74, 6) is -1.17. The van der Waals surface area contributed by atoms with Gasteiger partial charge in [-0.2, -0.15) is 5.10 Å². The van der Waals surface area contributed by atoms with Crippen molar-refractivity contribution in [1.82, 2.24) is 25.3 Å². The summed E-state index contributed by atoms with van der Waals surface area (Å²) in [7, 11) is 3.54. The van der Waals surface area contributed by atoms with Crippen LogP contribution in [0.4, 0.5) is 4.39 Å². The number of H-pyrrole nitrogens is 1. The van der Waals surface area contributed by atoms with Crippen LogP contribution in [0.25, 0.3) is 0 Å². The molecule has 0 aliphatic carbocycles. The molecule has 2 aromatic carbocycles. The largest absolute Gasteiger partial charge is 0.375 e. The molecule has 1 heterocycles. The van der Waals surface area contributed by atoms with Crippen molar-refractivity contribution in [2.45, 2.75) is 31.9 Å². The fraction of sp³-hybridized carbons (Fsp3) is 0.393. The van der Waals surface area contributed by atoms with Gasteiger partial charge in [-0.05, 0) is 37.4 Å². The number of ether oxygens (including phenoxy) is 1. The van der Waals surface area contributed by atoms with Gasteiger partial charge in [0.05, 0.1) is 25.5 Å². The molecule has 2 amide bonds. The van der Waals surface area contributed by atoms with E-state index in [0.717, 1.165) is 18.2 Å². The average Bonchev–Trinajstić information content (AvgIpc) is 3.35. The molecule has 3 rings (SSSR count). The molecule has 0 bridgehead atoms. The van der Waals surface area contributed by atoms with E-state index in [9.17, 15) is 14.0 Å². The van der Waals surface area contributed by atoms with Crippen molar-refractivity contribution in [1.29, 1.82) is 0 Å². The van der Waals surface area contributed by atoms with E-state index >= 15 is 0 Å². The van der Waals surface area contributed by atoms with Crippen molar-refractivity contribution in [2.75, 3.05) is 40.3 Å². The van der Waals surface area contributed by atoms with E-state index in [1.807, 2.05) is 60.5 Å². The minimum Gasteiger partial charge on any atom is -0.375 e. The smallest absolute Gasteiger partial charge is 0.274 e. The van der Waals surface area contributed by atoms with Crippen LogP contribution in [0.15, 0.2) is 66.9 Å². The highest BCUT2D eigenvalue weighted by Crippen LogP contribution is 2.11. The first-order chi connectivity index (χ1) is 18.0. The predicted molar refractivity (Wildman–Crippen MR) is 140 cm³/mol. The number of hydrogen-bond acceptors (Lipinski definition) is 5. The quantitative estimate of drug-likeness (QED) is 0.307. The Kier molecular flexibility index (Phi) is 11.3. The average molecular weight is 510 g/mol. The number of benzene rings is 2. The van der Waals surface area contributed by atoms with Crippen molar-refractivity contribution < 1.29 is 18.7 Å². The molecule has 0 spiro atoms. The summed E-state index contributed by atoms with van der Waals surface area (Å²) in [6.07, 6.45) is 3.04. The summed E-state index contributed by atoms with van der Waals surface area (Å²) in [5.41, 5.74) is 2.12. The first kappa shape index (κ1) is 28.0. The maximum Gasteiger partial charge on any atom is 0.274 e. The van der Waals surface area contributed by atoms with Gasteiger partial charge in [-0.25, -0.2) is 4.39 Å². The standard InChI is InChI=1S/C28H36FN5O3/c1-33(17-9-18-34(2)28(36)26-24(29)20-31-32-26)25(15-14-22-10-5-3-6-11-22)27(35)30-16-19-37-21-23-12-7-4-8-13-23/h3-8,10-13,20,25H,9,14-19,21H2,1-2H3,(H,30,35)(H,31,32). The maximum atomic E-state index is 13.7. The Morgan fingerprint density at radius 1 is 1.03 bits per heavy atom. The molecule has 1 atom stereocenters. The number of halogens is 1. The summed E-state index contributed by atoms with van der Waals surface area (Å²) in [4.78, 5) is 29.0. The molecule has 2 N–H and O–H groups in total. The summed E-state index contributed by atoms with van der Waals surface area (Å²) in [6, 6.07) is 19.7. The van der Waals surface area contributed by atoms with E-state index in [0.29, 0.717) is 45.7 Å². The number of hydrogen-bond donors (Lipinski definition) is 2. The third-order valence-electron chi connectivity index (χ3n) is 6.20. The van der Waals surface area contributed by atoms with Gasteiger partial charge in [-0.1, -0.05) is 60.7 Å². The molecule has 9 heteroatoms. The second kappa shape index (κ2) is 14.9. The lowest BCUT2D eigenvalue weighted by molar-refractivity contribution is -0.126. The van der Waals surface area contributed by atoms with Gasteiger partial charge in [0.25, 0.3) is 5.91 Å². The van der Waals surface area contributed by atoms with Crippen LogP contribution >= 0.6 is 0 Å². The Hall–Kier alpha value is -3.56. The number of amides is 2. The van der Waals surface area contributed by atoms with Gasteiger partial charge in [0.15, 0.2) is 11.5 Å². The van der Waals surface area contributed by atoms with Crippen LogP contribution in [0.2, 0.25) is 0 Å². The van der Waals surface area contributed by atoms with E-state index in [1.165, 1.54) is 10.5 Å². The molecule has 0 radical (unpaired) electrons. The zero-order valence-electron chi connectivity index (χ0n) is 21.5. The van der Waals surface area contributed by atoms with Crippen molar-refractivity contribution in [3.63, 3.8) is 0 Å². The number of nitrogens with one attached hydrogen (secondary N) is 2. The molecule has 37 heavy (non-hydrogen) atoms. The number of rotatable bonds is 15. The highest BCUT2D eigenvalue weighted by atomic mass is 19.1. The Morgan fingerprint density at radius 3 is 2.35 bits per heavy atom. The zero-order chi connectivity index (χ0) is 26.5. The molecule has 0 fully saturated rings. The second-order valence-corrected chi connectivity index (χ2v) is 9.02. The molecule has 3 aromatic rings. The van der Waals surface area contributed by atoms with E-state index in [2.05, 4.69) is 27.6 Å². The third-order valence-corrected chi connectivity index (χ3v) is 6.20. The molecule has 198 valence electrons. The number of aromatic amines is 1. The van der Waals surface area contributed by atoms with E-state index < -0.39 is 11.7 Å². The summed E-state index contributed by atoms with van der Waals surface area (Å²) in [5, 5.41) is 8.97. The van der Waals surface area contributed by atoms with Crippen molar-refractivity contribution >= 4 is 11.8 Å². The second-order valence-electron chi connectivity index (χ2n) is 9.02. The van der Waals surface area contributed by atoms with Gasteiger partial charge in [-0.3, -0.25) is 19.6 Å². The minimum atomic E-state index is -0.667. The lowest BCUT2D eigenvalue weighted by atomic mass is 10.0. The summed E-state index contributed by atoms with van der Waals surface area (Å²) < 4.78 is 19.4. The fourth-order valence-corrected chi connectivity index (χ4v) is 4.06. The van der Waals surface area contributed by atoms with Crippen molar-refractivity contribution in [2.24, 2.45) is 0 Å². The number of aryl methyl sites for hydroxylation is 1. The molecule has 8 nitrogen and oxygen atoms in total. The monoisotopic (exact) mass is 509 g/mol. The highest BCUT2D eigenvalue weighted by Gasteiger charge is 2.23. The lowest BCUT2D eigenvalue weighted by Crippen LogP contribution is -2.47. The van der Waals surface area contributed by atoms with Gasteiger partial charge >= 0.3 is 0 Å². The first-order valence-electron chi connectivity index (χ1n) is 12.5. The lowest BCUT2D eigenvalue weighted by Gasteiger charge is -2.28. The SMILES string of the molecule is CN(CCCN(C)C(CCc1ccccc1)C(=O)NCCOCc1ccccc1)C(=O)c1[nH]ncc1F. The zero-order valence-corrected chi connectivity index (χ0v) is 21.5. The maximum absolute atomic E-state index is 13.7. The highest BCUT2D eigenvalue weighted by molar-refractivity contribution is 5.92. The minimum absolute atomic E-state index is 0.0503. The normalized spacial score (nSPS) is 11.9. The third kappa shape index (κ3) is 9.11. The van der Waals surface area contributed by atoms with Crippen LogP contribution in [0, 0.1) is 5.82 Å². The number of aromatic nitrogens is 2. The van der Waals surface area contributed by atoms with E-state index in [4.69, 9.17) is 4.74 Å². The first-order valence-corrected chi connectivity index (χ1v) is 12.5.